The Morgan fingerprint density at radius 2 is 1.50 bits per heavy atom. The van der Waals surface area contributed by atoms with Gasteiger partial charge in [0.1, 0.15) is 11.5 Å². The van der Waals surface area contributed by atoms with Crippen molar-refractivity contribution in [3.8, 4) is 34.7 Å². The monoisotopic (exact) mass is 317 g/mol. The Kier molecular flexibility index (Phi) is 4.68. The molecular weight excluding hydrogens is 302 g/mol. The van der Waals surface area contributed by atoms with E-state index in [1.54, 1.807) is 31.6 Å². The molecule has 0 atom stereocenters. The van der Waals surface area contributed by atoms with Gasteiger partial charge in [-0.3, -0.25) is 0 Å². The van der Waals surface area contributed by atoms with Gasteiger partial charge in [0, 0.05) is 18.0 Å². The van der Waals surface area contributed by atoms with Crippen LogP contribution in [-0.2, 0) is 6.42 Å². The van der Waals surface area contributed by atoms with Gasteiger partial charge in [-0.1, -0.05) is 24.3 Å². The number of aromatic nitrogens is 2. The van der Waals surface area contributed by atoms with Crippen LogP contribution in [0.15, 0.2) is 60.9 Å². The molecule has 0 saturated carbocycles. The molecule has 0 unspecified atom stereocenters. The van der Waals surface area contributed by atoms with E-state index in [1.165, 1.54) is 0 Å². The number of ether oxygens (including phenoxy) is 2. The van der Waals surface area contributed by atoms with Gasteiger partial charge in [0.2, 0.25) is 0 Å². The average Bonchev–Trinajstić information content (AvgIpc) is 2.64. The first-order valence-electron chi connectivity index (χ1n) is 7.39. The van der Waals surface area contributed by atoms with Crippen LogP contribution in [0.4, 0.5) is 0 Å². The number of hydrogen-bond donors (Lipinski definition) is 0. The summed E-state index contributed by atoms with van der Waals surface area (Å²) < 4.78 is 10.8. The van der Waals surface area contributed by atoms with E-state index in [2.05, 4.69) is 16.0 Å². The zero-order valence-electron chi connectivity index (χ0n) is 13.1. The molecule has 1 heterocycles. The van der Waals surface area contributed by atoms with Crippen LogP contribution < -0.4 is 9.47 Å². The highest BCUT2D eigenvalue weighted by Crippen LogP contribution is 2.23. The Bertz CT molecular complexity index is 836. The molecule has 0 bridgehead atoms. The lowest BCUT2D eigenvalue weighted by atomic mass is 10.1. The number of benzene rings is 2. The van der Waals surface area contributed by atoms with Crippen molar-refractivity contribution in [3.05, 3.63) is 66.5 Å². The quantitative estimate of drug-likeness (QED) is 0.711. The molecule has 1 aromatic heterocycles. The largest absolute Gasteiger partial charge is 0.497 e. The molecule has 3 rings (SSSR count). The maximum absolute atomic E-state index is 8.67. The second-order valence-corrected chi connectivity index (χ2v) is 5.06. The number of nitriles is 1. The number of hydrogen-bond acceptors (Lipinski definition) is 5. The molecule has 0 aliphatic heterocycles. The fraction of sp³-hybridized carbons (Fsp3) is 0.105. The summed E-state index contributed by atoms with van der Waals surface area (Å²) in [6.45, 7) is 0. The zero-order chi connectivity index (χ0) is 16.8. The second kappa shape index (κ2) is 7.25. The second-order valence-electron chi connectivity index (χ2n) is 5.06. The van der Waals surface area contributed by atoms with E-state index in [9.17, 15) is 0 Å². The summed E-state index contributed by atoms with van der Waals surface area (Å²) >= 11 is 0. The zero-order valence-corrected chi connectivity index (χ0v) is 13.1. The Balaban J connectivity index is 1.70. The molecule has 5 heteroatoms. The lowest BCUT2D eigenvalue weighted by molar-refractivity contribution is 0.415. The third kappa shape index (κ3) is 3.68. The van der Waals surface area contributed by atoms with Crippen LogP contribution in [0.1, 0.15) is 5.56 Å². The highest BCUT2D eigenvalue weighted by Gasteiger charge is 2.04. The van der Waals surface area contributed by atoms with Crippen molar-refractivity contribution < 1.29 is 9.47 Å². The van der Waals surface area contributed by atoms with Crippen LogP contribution in [-0.4, -0.2) is 17.1 Å². The van der Waals surface area contributed by atoms with E-state index >= 15 is 0 Å². The van der Waals surface area contributed by atoms with Crippen molar-refractivity contribution in [2.75, 3.05) is 7.11 Å². The molecule has 0 aliphatic carbocycles. The van der Waals surface area contributed by atoms with Gasteiger partial charge in [-0.2, -0.15) is 5.26 Å². The Hall–Kier alpha value is -3.39. The highest BCUT2D eigenvalue weighted by molar-refractivity contribution is 5.62. The fourth-order valence-electron chi connectivity index (χ4n) is 2.17. The number of methoxy groups -OCH3 is 1. The van der Waals surface area contributed by atoms with Crippen molar-refractivity contribution >= 4 is 0 Å². The van der Waals surface area contributed by atoms with Gasteiger partial charge in [0.15, 0.2) is 0 Å². The summed E-state index contributed by atoms with van der Waals surface area (Å²) in [6.07, 6.45) is 3.82. The van der Waals surface area contributed by atoms with Crippen molar-refractivity contribution in [1.29, 1.82) is 5.26 Å². The lowest BCUT2D eigenvalue weighted by Gasteiger charge is -2.06. The summed E-state index contributed by atoms with van der Waals surface area (Å²) in [7, 11) is 1.64. The first-order valence-corrected chi connectivity index (χ1v) is 7.39. The van der Waals surface area contributed by atoms with Crippen molar-refractivity contribution in [3.63, 3.8) is 0 Å². The molecule has 0 amide bonds. The molecule has 3 aromatic rings. The van der Waals surface area contributed by atoms with Crippen molar-refractivity contribution in [2.45, 2.75) is 6.42 Å². The first kappa shape index (κ1) is 15.5. The number of rotatable bonds is 5. The maximum Gasteiger partial charge on any atom is 0.321 e. The van der Waals surface area contributed by atoms with E-state index < -0.39 is 0 Å². The van der Waals surface area contributed by atoms with E-state index in [1.807, 2.05) is 36.4 Å². The summed E-state index contributed by atoms with van der Waals surface area (Å²) in [5, 5.41) is 8.67. The van der Waals surface area contributed by atoms with Crippen LogP contribution in [0.5, 0.6) is 17.5 Å². The minimum absolute atomic E-state index is 0.278. The van der Waals surface area contributed by atoms with E-state index in [0.717, 1.165) is 22.4 Å². The smallest absolute Gasteiger partial charge is 0.321 e. The van der Waals surface area contributed by atoms with Gasteiger partial charge in [0.25, 0.3) is 0 Å². The molecular formula is C19H15N3O2. The molecule has 0 N–H and O–H groups in total. The van der Waals surface area contributed by atoms with Gasteiger partial charge in [-0.25, -0.2) is 9.97 Å². The highest BCUT2D eigenvalue weighted by atomic mass is 16.5. The average molecular weight is 317 g/mol. The molecule has 0 saturated heterocycles. The summed E-state index contributed by atoms with van der Waals surface area (Å²) in [4.78, 5) is 8.47. The molecule has 0 aliphatic rings. The van der Waals surface area contributed by atoms with Gasteiger partial charge in [-0.05, 0) is 35.4 Å². The molecule has 5 nitrogen and oxygen atoms in total. The SMILES string of the molecule is COc1ccc(-c2cnc(Oc3ccc(CC#N)cc3)nc2)cc1. The summed E-state index contributed by atoms with van der Waals surface area (Å²) in [5.41, 5.74) is 2.85. The third-order valence-corrected chi connectivity index (χ3v) is 3.47. The fourth-order valence-corrected chi connectivity index (χ4v) is 2.17. The third-order valence-electron chi connectivity index (χ3n) is 3.47. The van der Waals surface area contributed by atoms with Gasteiger partial charge in [0.05, 0.1) is 19.6 Å². The molecule has 0 fully saturated rings. The standard InChI is InChI=1S/C19H15N3O2/c1-23-17-8-4-15(5-9-17)16-12-21-19(22-13-16)24-18-6-2-14(3-7-18)10-11-20/h2-9,12-13H,10H2,1H3. The minimum atomic E-state index is 0.278. The molecule has 0 radical (unpaired) electrons. The Labute approximate surface area is 140 Å². The minimum Gasteiger partial charge on any atom is -0.497 e. The predicted molar refractivity (Wildman–Crippen MR) is 89.9 cm³/mol. The molecule has 2 aromatic carbocycles. The van der Waals surface area contributed by atoms with Crippen LogP contribution in [0.25, 0.3) is 11.1 Å². The van der Waals surface area contributed by atoms with Crippen molar-refractivity contribution in [1.82, 2.24) is 9.97 Å². The predicted octanol–water partition coefficient (Wildman–Crippen LogP) is 4.01. The molecule has 24 heavy (non-hydrogen) atoms. The summed E-state index contributed by atoms with van der Waals surface area (Å²) in [5.74, 6) is 1.44. The lowest BCUT2D eigenvalue weighted by Crippen LogP contribution is -1.92. The van der Waals surface area contributed by atoms with Gasteiger partial charge < -0.3 is 9.47 Å². The van der Waals surface area contributed by atoms with Gasteiger partial charge in [-0.15, -0.1) is 0 Å². The van der Waals surface area contributed by atoms with E-state index in [4.69, 9.17) is 14.7 Å². The molecule has 118 valence electrons. The summed E-state index contributed by atoms with van der Waals surface area (Å²) in [6, 6.07) is 17.4. The topological polar surface area (TPSA) is 68.0 Å². The maximum atomic E-state index is 8.67. The first-order chi connectivity index (χ1) is 11.8. The van der Waals surface area contributed by atoms with E-state index in [0.29, 0.717) is 12.2 Å². The number of nitrogens with zero attached hydrogens (tertiary/aromatic N) is 3. The van der Waals surface area contributed by atoms with Crippen LogP contribution in [0.2, 0.25) is 0 Å². The molecule has 0 spiro atoms. The van der Waals surface area contributed by atoms with Gasteiger partial charge >= 0.3 is 6.01 Å². The van der Waals surface area contributed by atoms with Crippen LogP contribution >= 0.6 is 0 Å². The van der Waals surface area contributed by atoms with Crippen LogP contribution in [0, 0.1) is 11.3 Å². The van der Waals surface area contributed by atoms with Crippen LogP contribution in [0.3, 0.4) is 0 Å². The van der Waals surface area contributed by atoms with E-state index in [-0.39, 0.29) is 6.01 Å². The Morgan fingerprint density at radius 1 is 0.875 bits per heavy atom. The van der Waals surface area contributed by atoms with Crippen molar-refractivity contribution in [2.24, 2.45) is 0 Å². The Morgan fingerprint density at radius 3 is 2.08 bits per heavy atom. The normalized spacial score (nSPS) is 10.0.